The highest BCUT2D eigenvalue weighted by Crippen LogP contribution is 2.16. The predicted octanol–water partition coefficient (Wildman–Crippen LogP) is 1.27. The molecule has 0 aliphatic heterocycles. The molecule has 0 spiro atoms. The van der Waals surface area contributed by atoms with Crippen molar-refractivity contribution in [2.75, 3.05) is 6.54 Å². The molecule has 1 rings (SSSR count). The molecule has 0 saturated heterocycles. The molecule has 94 valence electrons. The number of rotatable bonds is 3. The van der Waals surface area contributed by atoms with Crippen LogP contribution in [0.25, 0.3) is 0 Å². The highest BCUT2D eigenvalue weighted by molar-refractivity contribution is 9.10. The maximum Gasteiger partial charge on any atom is 0.310 e. The lowest BCUT2D eigenvalue weighted by molar-refractivity contribution is -0.139. The van der Waals surface area contributed by atoms with E-state index in [2.05, 4.69) is 26.6 Å². The van der Waals surface area contributed by atoms with E-state index in [0.717, 1.165) is 10.0 Å². The Morgan fingerprint density at radius 2 is 1.94 bits per heavy atom. The highest BCUT2D eigenvalue weighted by atomic mass is 79.9. The molecule has 0 heterocycles. The number of halogens is 1. The maximum atomic E-state index is 11.5. The molecular formula is C12H12BrN3O2. The minimum Gasteiger partial charge on any atom is -0.341 e. The summed E-state index contributed by atoms with van der Waals surface area (Å²) in [7, 11) is 0. The van der Waals surface area contributed by atoms with Gasteiger partial charge in [-0.05, 0) is 24.6 Å². The third-order valence-corrected chi connectivity index (χ3v) is 2.78. The molecule has 1 aromatic rings. The van der Waals surface area contributed by atoms with E-state index < -0.39 is 11.8 Å². The Hall–Kier alpha value is -1.87. The van der Waals surface area contributed by atoms with Crippen LogP contribution in [-0.4, -0.2) is 18.4 Å². The highest BCUT2D eigenvalue weighted by Gasteiger charge is 2.16. The fourth-order valence-electron chi connectivity index (χ4n) is 1.30. The Labute approximate surface area is 113 Å². The van der Waals surface area contributed by atoms with Gasteiger partial charge in [0.2, 0.25) is 0 Å². The van der Waals surface area contributed by atoms with Gasteiger partial charge in [0.25, 0.3) is 0 Å². The van der Waals surface area contributed by atoms with Crippen LogP contribution in [0.15, 0.2) is 28.7 Å². The van der Waals surface area contributed by atoms with Gasteiger partial charge in [-0.1, -0.05) is 28.1 Å². The van der Waals surface area contributed by atoms with Gasteiger partial charge in [-0.25, -0.2) is 0 Å². The zero-order chi connectivity index (χ0) is 13.5. The average molecular weight is 310 g/mol. The van der Waals surface area contributed by atoms with Crippen molar-refractivity contribution in [3.8, 4) is 6.07 Å². The van der Waals surface area contributed by atoms with Crippen LogP contribution in [0.4, 0.5) is 0 Å². The summed E-state index contributed by atoms with van der Waals surface area (Å²) in [5.41, 5.74) is 0.889. The van der Waals surface area contributed by atoms with Gasteiger partial charge in [-0.15, -0.1) is 0 Å². The van der Waals surface area contributed by atoms with Gasteiger partial charge in [0.05, 0.1) is 12.1 Å². The first-order valence-electron chi connectivity index (χ1n) is 5.25. The molecule has 0 aliphatic carbocycles. The molecule has 0 radical (unpaired) electrons. The summed E-state index contributed by atoms with van der Waals surface area (Å²) >= 11 is 3.32. The number of hydrogen-bond acceptors (Lipinski definition) is 3. The van der Waals surface area contributed by atoms with Gasteiger partial charge < -0.3 is 10.6 Å². The number of carbonyl (C=O) groups is 2. The first-order chi connectivity index (χ1) is 8.54. The summed E-state index contributed by atoms with van der Waals surface area (Å²) in [6.07, 6.45) is 0. The predicted molar refractivity (Wildman–Crippen MR) is 69.3 cm³/mol. The Balaban J connectivity index is 2.57. The summed E-state index contributed by atoms with van der Waals surface area (Å²) in [6.45, 7) is 1.59. The number of hydrogen-bond donors (Lipinski definition) is 2. The van der Waals surface area contributed by atoms with Crippen LogP contribution in [-0.2, 0) is 9.59 Å². The van der Waals surface area contributed by atoms with Crippen molar-refractivity contribution >= 4 is 27.7 Å². The van der Waals surface area contributed by atoms with Crippen molar-refractivity contribution in [3.05, 3.63) is 34.3 Å². The summed E-state index contributed by atoms with van der Waals surface area (Å²) in [5, 5.41) is 13.0. The van der Waals surface area contributed by atoms with Crippen molar-refractivity contribution < 1.29 is 9.59 Å². The summed E-state index contributed by atoms with van der Waals surface area (Å²) in [6, 6.07) is 8.86. The van der Waals surface area contributed by atoms with Crippen LogP contribution in [0.2, 0.25) is 0 Å². The largest absolute Gasteiger partial charge is 0.341 e. The van der Waals surface area contributed by atoms with Gasteiger partial charge >= 0.3 is 11.8 Å². The van der Waals surface area contributed by atoms with Gasteiger partial charge in [0.15, 0.2) is 0 Å². The first-order valence-corrected chi connectivity index (χ1v) is 6.05. The van der Waals surface area contributed by atoms with Crippen molar-refractivity contribution in [1.82, 2.24) is 10.6 Å². The van der Waals surface area contributed by atoms with E-state index in [1.54, 1.807) is 13.0 Å². The number of benzene rings is 1. The molecule has 0 aromatic heterocycles. The van der Waals surface area contributed by atoms with Crippen LogP contribution in [0.3, 0.4) is 0 Å². The van der Waals surface area contributed by atoms with E-state index >= 15 is 0 Å². The summed E-state index contributed by atoms with van der Waals surface area (Å²) in [4.78, 5) is 22.7. The Morgan fingerprint density at radius 3 is 2.50 bits per heavy atom. The number of nitriles is 1. The molecule has 2 amide bonds. The minimum absolute atomic E-state index is 0.182. The molecule has 18 heavy (non-hydrogen) atoms. The number of nitrogens with one attached hydrogen (secondary N) is 2. The van der Waals surface area contributed by atoms with Crippen molar-refractivity contribution in [3.63, 3.8) is 0 Å². The van der Waals surface area contributed by atoms with Gasteiger partial charge in [0.1, 0.15) is 6.54 Å². The second-order valence-corrected chi connectivity index (χ2v) is 4.50. The van der Waals surface area contributed by atoms with E-state index in [4.69, 9.17) is 5.26 Å². The lowest BCUT2D eigenvalue weighted by Crippen LogP contribution is -2.41. The standard InChI is InChI=1S/C12H12BrN3O2/c1-8(9-2-4-10(13)5-3-9)16-12(18)11(17)15-7-6-14/h2-5,8H,7H2,1H3,(H,15,17)(H,16,18). The average Bonchev–Trinajstić information content (AvgIpc) is 2.36. The Morgan fingerprint density at radius 1 is 1.33 bits per heavy atom. The second-order valence-electron chi connectivity index (χ2n) is 3.59. The number of carbonyl (C=O) groups excluding carboxylic acids is 2. The molecular weight excluding hydrogens is 298 g/mol. The van der Waals surface area contributed by atoms with Gasteiger partial charge in [-0.2, -0.15) is 5.26 Å². The molecule has 2 N–H and O–H groups in total. The monoisotopic (exact) mass is 309 g/mol. The van der Waals surface area contributed by atoms with Crippen LogP contribution < -0.4 is 10.6 Å². The van der Waals surface area contributed by atoms with Crippen LogP contribution >= 0.6 is 15.9 Å². The SMILES string of the molecule is CC(NC(=O)C(=O)NCC#N)c1ccc(Br)cc1. The normalized spacial score (nSPS) is 11.2. The molecule has 1 unspecified atom stereocenters. The summed E-state index contributed by atoms with van der Waals surface area (Å²) < 4.78 is 0.941. The molecule has 1 aromatic carbocycles. The smallest absolute Gasteiger partial charge is 0.310 e. The topological polar surface area (TPSA) is 82.0 Å². The molecule has 0 saturated carbocycles. The van der Waals surface area contributed by atoms with Gasteiger partial charge in [0, 0.05) is 4.47 Å². The molecule has 0 fully saturated rings. The third-order valence-electron chi connectivity index (χ3n) is 2.25. The van der Waals surface area contributed by atoms with E-state index in [-0.39, 0.29) is 12.6 Å². The second kappa shape index (κ2) is 6.77. The van der Waals surface area contributed by atoms with E-state index in [1.807, 2.05) is 24.3 Å². The quantitative estimate of drug-likeness (QED) is 0.651. The lowest BCUT2D eigenvalue weighted by Gasteiger charge is -2.13. The summed E-state index contributed by atoms with van der Waals surface area (Å²) in [5.74, 6) is -1.55. The van der Waals surface area contributed by atoms with Crippen LogP contribution in [0, 0.1) is 11.3 Å². The molecule has 6 heteroatoms. The molecule has 5 nitrogen and oxygen atoms in total. The van der Waals surface area contributed by atoms with E-state index in [9.17, 15) is 9.59 Å². The van der Waals surface area contributed by atoms with E-state index in [0.29, 0.717) is 0 Å². The van der Waals surface area contributed by atoms with Crippen molar-refractivity contribution in [2.45, 2.75) is 13.0 Å². The lowest BCUT2D eigenvalue weighted by atomic mass is 10.1. The fourth-order valence-corrected chi connectivity index (χ4v) is 1.56. The zero-order valence-corrected chi connectivity index (χ0v) is 11.3. The Bertz CT molecular complexity index is 479. The molecule has 0 bridgehead atoms. The number of amides is 2. The van der Waals surface area contributed by atoms with Crippen LogP contribution in [0.5, 0.6) is 0 Å². The fraction of sp³-hybridized carbons (Fsp3) is 0.250. The third kappa shape index (κ3) is 4.18. The van der Waals surface area contributed by atoms with Crippen LogP contribution in [0.1, 0.15) is 18.5 Å². The minimum atomic E-state index is -0.805. The molecule has 1 atom stereocenters. The zero-order valence-electron chi connectivity index (χ0n) is 9.74. The Kier molecular flexibility index (Phi) is 5.33. The first kappa shape index (κ1) is 14.2. The molecule has 0 aliphatic rings. The van der Waals surface area contributed by atoms with E-state index in [1.165, 1.54) is 0 Å². The van der Waals surface area contributed by atoms with Gasteiger partial charge in [-0.3, -0.25) is 9.59 Å². The van der Waals surface area contributed by atoms with Crippen molar-refractivity contribution in [2.24, 2.45) is 0 Å². The maximum absolute atomic E-state index is 11.5. The van der Waals surface area contributed by atoms with Crippen molar-refractivity contribution in [1.29, 1.82) is 5.26 Å². The number of nitrogens with zero attached hydrogens (tertiary/aromatic N) is 1.